The molecule has 1 unspecified atom stereocenters. The van der Waals surface area contributed by atoms with Crippen molar-refractivity contribution in [2.45, 2.75) is 38.5 Å². The highest BCUT2D eigenvalue weighted by molar-refractivity contribution is 5.49. The Balaban J connectivity index is 1.58. The van der Waals surface area contributed by atoms with Crippen molar-refractivity contribution in [2.75, 3.05) is 25.0 Å². The summed E-state index contributed by atoms with van der Waals surface area (Å²) in [6.45, 7) is 3.50. The fourth-order valence-corrected chi connectivity index (χ4v) is 3.20. The van der Waals surface area contributed by atoms with E-state index in [9.17, 15) is 0 Å². The van der Waals surface area contributed by atoms with Gasteiger partial charge in [-0.15, -0.1) is 0 Å². The molecule has 1 atom stereocenters. The number of nitrogens with one attached hydrogen (secondary N) is 2. The van der Waals surface area contributed by atoms with Gasteiger partial charge in [0.15, 0.2) is 0 Å². The second-order valence-electron chi connectivity index (χ2n) is 5.78. The van der Waals surface area contributed by atoms with Crippen LogP contribution in [0.25, 0.3) is 0 Å². The van der Waals surface area contributed by atoms with Gasteiger partial charge in [0.1, 0.15) is 0 Å². The van der Waals surface area contributed by atoms with Crippen LogP contribution in [0.4, 0.5) is 5.69 Å². The Bertz CT molecular complexity index is 394. The van der Waals surface area contributed by atoms with Gasteiger partial charge in [-0.05, 0) is 80.8 Å². The zero-order valence-electron chi connectivity index (χ0n) is 11.2. The lowest BCUT2D eigenvalue weighted by molar-refractivity contribution is 0.393. The van der Waals surface area contributed by atoms with Crippen molar-refractivity contribution < 1.29 is 0 Å². The summed E-state index contributed by atoms with van der Waals surface area (Å²) in [5.41, 5.74) is 4.47. The highest BCUT2D eigenvalue weighted by atomic mass is 14.9. The Morgan fingerprint density at radius 1 is 1.11 bits per heavy atom. The van der Waals surface area contributed by atoms with Crippen LogP contribution >= 0.6 is 0 Å². The third-order valence-corrected chi connectivity index (χ3v) is 4.34. The number of hydrogen-bond donors (Lipinski definition) is 2. The first-order valence-electron chi connectivity index (χ1n) is 7.48. The second kappa shape index (κ2) is 5.75. The zero-order valence-corrected chi connectivity index (χ0v) is 11.2. The first-order chi connectivity index (χ1) is 8.92. The van der Waals surface area contributed by atoms with Crippen molar-refractivity contribution in [3.63, 3.8) is 0 Å². The predicted molar refractivity (Wildman–Crippen MR) is 77.2 cm³/mol. The minimum absolute atomic E-state index is 0.801. The van der Waals surface area contributed by atoms with Crippen molar-refractivity contribution in [1.82, 2.24) is 5.32 Å². The Kier molecular flexibility index (Phi) is 3.84. The van der Waals surface area contributed by atoms with Gasteiger partial charge in [-0.2, -0.15) is 0 Å². The molecule has 3 rings (SSSR count). The second-order valence-corrected chi connectivity index (χ2v) is 5.78. The predicted octanol–water partition coefficient (Wildman–Crippen LogP) is 2.98. The molecule has 1 saturated heterocycles. The molecule has 98 valence electrons. The molecule has 0 spiro atoms. The van der Waals surface area contributed by atoms with Crippen LogP contribution in [-0.2, 0) is 12.8 Å². The van der Waals surface area contributed by atoms with Crippen molar-refractivity contribution in [1.29, 1.82) is 0 Å². The maximum Gasteiger partial charge on any atom is 0.0343 e. The lowest BCUT2D eigenvalue weighted by Gasteiger charge is -2.24. The number of hydrogen-bond acceptors (Lipinski definition) is 2. The van der Waals surface area contributed by atoms with Gasteiger partial charge in [0.2, 0.25) is 0 Å². The molecule has 0 radical (unpaired) electrons. The number of aryl methyl sites for hydroxylation is 2. The molecule has 18 heavy (non-hydrogen) atoms. The Morgan fingerprint density at radius 3 is 2.83 bits per heavy atom. The van der Waals surface area contributed by atoms with Crippen LogP contribution in [0.5, 0.6) is 0 Å². The quantitative estimate of drug-likeness (QED) is 0.854. The smallest absolute Gasteiger partial charge is 0.0343 e. The minimum atomic E-state index is 0.801. The van der Waals surface area contributed by atoms with E-state index in [0.717, 1.165) is 12.5 Å². The normalized spacial score (nSPS) is 23.4. The Hall–Kier alpha value is -1.02. The van der Waals surface area contributed by atoms with E-state index >= 15 is 0 Å². The lowest BCUT2D eigenvalue weighted by atomic mass is 9.91. The largest absolute Gasteiger partial charge is 0.385 e. The fraction of sp³-hybridized carbons (Fsp3) is 0.625. The van der Waals surface area contributed by atoms with Crippen molar-refractivity contribution in [3.05, 3.63) is 29.3 Å². The molecule has 1 fully saturated rings. The molecule has 0 saturated carbocycles. The molecule has 1 heterocycles. The van der Waals surface area contributed by atoms with Gasteiger partial charge in [0, 0.05) is 12.2 Å². The highest BCUT2D eigenvalue weighted by Gasteiger charge is 2.13. The molecule has 0 aromatic heterocycles. The van der Waals surface area contributed by atoms with Gasteiger partial charge in [-0.1, -0.05) is 6.07 Å². The minimum Gasteiger partial charge on any atom is -0.385 e. The SMILES string of the molecule is c1cc2c(cc1NCC1CCCNC1)CCCC2. The molecular weight excluding hydrogens is 220 g/mol. The molecule has 1 aromatic carbocycles. The van der Waals surface area contributed by atoms with E-state index in [4.69, 9.17) is 0 Å². The molecule has 2 heteroatoms. The maximum absolute atomic E-state index is 3.62. The van der Waals surface area contributed by atoms with Crippen molar-refractivity contribution in [2.24, 2.45) is 5.92 Å². The summed E-state index contributed by atoms with van der Waals surface area (Å²) in [7, 11) is 0. The summed E-state index contributed by atoms with van der Waals surface area (Å²) < 4.78 is 0. The maximum atomic E-state index is 3.62. The topological polar surface area (TPSA) is 24.1 Å². The van der Waals surface area contributed by atoms with E-state index in [1.54, 1.807) is 11.1 Å². The van der Waals surface area contributed by atoms with Crippen molar-refractivity contribution >= 4 is 5.69 Å². The molecule has 0 bridgehead atoms. The van der Waals surface area contributed by atoms with E-state index in [-0.39, 0.29) is 0 Å². The van der Waals surface area contributed by atoms with Gasteiger partial charge in [-0.25, -0.2) is 0 Å². The van der Waals surface area contributed by atoms with Crippen molar-refractivity contribution in [3.8, 4) is 0 Å². The number of rotatable bonds is 3. The summed E-state index contributed by atoms with van der Waals surface area (Å²) in [6.07, 6.45) is 7.98. The summed E-state index contributed by atoms with van der Waals surface area (Å²) in [5.74, 6) is 0.801. The summed E-state index contributed by atoms with van der Waals surface area (Å²) >= 11 is 0. The number of fused-ring (bicyclic) bond motifs is 1. The highest BCUT2D eigenvalue weighted by Crippen LogP contribution is 2.24. The molecule has 1 aromatic rings. The standard InChI is InChI=1S/C16H24N2/c1-2-6-15-10-16(8-7-14(15)5-1)18-12-13-4-3-9-17-11-13/h7-8,10,13,17-18H,1-6,9,11-12H2. The van der Waals surface area contributed by atoms with Crippen LogP contribution in [0.15, 0.2) is 18.2 Å². The van der Waals surface area contributed by atoms with Gasteiger partial charge in [-0.3, -0.25) is 0 Å². The molecule has 2 nitrogen and oxygen atoms in total. The zero-order chi connectivity index (χ0) is 12.2. The van der Waals surface area contributed by atoms with Crippen LogP contribution in [0.2, 0.25) is 0 Å². The Morgan fingerprint density at radius 2 is 2.00 bits per heavy atom. The fourth-order valence-electron chi connectivity index (χ4n) is 3.20. The van der Waals surface area contributed by atoms with Gasteiger partial charge < -0.3 is 10.6 Å². The molecule has 2 aliphatic rings. The first kappa shape index (κ1) is 12.0. The third-order valence-electron chi connectivity index (χ3n) is 4.34. The third kappa shape index (κ3) is 2.86. The van der Waals surface area contributed by atoms with E-state index in [1.165, 1.54) is 57.3 Å². The molecule has 0 amide bonds. The van der Waals surface area contributed by atoms with E-state index in [1.807, 2.05) is 0 Å². The molecule has 1 aliphatic heterocycles. The van der Waals surface area contributed by atoms with E-state index in [2.05, 4.69) is 28.8 Å². The van der Waals surface area contributed by atoms with Crippen LogP contribution in [-0.4, -0.2) is 19.6 Å². The number of anilines is 1. The van der Waals surface area contributed by atoms with E-state index < -0.39 is 0 Å². The van der Waals surface area contributed by atoms with Gasteiger partial charge >= 0.3 is 0 Å². The first-order valence-corrected chi connectivity index (χ1v) is 7.48. The van der Waals surface area contributed by atoms with Gasteiger partial charge in [0.25, 0.3) is 0 Å². The molecule has 1 aliphatic carbocycles. The summed E-state index contributed by atoms with van der Waals surface area (Å²) in [5, 5.41) is 7.11. The van der Waals surface area contributed by atoms with Gasteiger partial charge in [0.05, 0.1) is 0 Å². The number of piperidine rings is 1. The molecule has 2 N–H and O–H groups in total. The summed E-state index contributed by atoms with van der Waals surface area (Å²) in [6, 6.07) is 6.97. The number of benzene rings is 1. The monoisotopic (exact) mass is 244 g/mol. The average molecular weight is 244 g/mol. The van der Waals surface area contributed by atoms with Crippen LogP contribution < -0.4 is 10.6 Å². The lowest BCUT2D eigenvalue weighted by Crippen LogP contribution is -2.33. The van der Waals surface area contributed by atoms with E-state index in [0.29, 0.717) is 0 Å². The summed E-state index contributed by atoms with van der Waals surface area (Å²) in [4.78, 5) is 0. The Labute approximate surface area is 110 Å². The van der Waals surface area contributed by atoms with Crippen LogP contribution in [0.3, 0.4) is 0 Å². The van der Waals surface area contributed by atoms with Crippen LogP contribution in [0, 0.1) is 5.92 Å². The van der Waals surface area contributed by atoms with Crippen LogP contribution in [0.1, 0.15) is 36.8 Å². The average Bonchev–Trinajstić information content (AvgIpc) is 2.46. The molecular formula is C16H24N2.